The molecule has 0 saturated carbocycles. The molecular formula is C11H12ClN3O4. The number of rotatable bonds is 2. The number of morpholine rings is 1. The summed E-state index contributed by atoms with van der Waals surface area (Å²) in [6.45, 7) is 0.764. The molecule has 19 heavy (non-hydrogen) atoms. The van der Waals surface area contributed by atoms with E-state index in [9.17, 15) is 9.59 Å². The number of amides is 1. The average molecular weight is 286 g/mol. The molecule has 1 unspecified atom stereocenters. The summed E-state index contributed by atoms with van der Waals surface area (Å²) in [4.78, 5) is 32.7. The molecule has 102 valence electrons. The monoisotopic (exact) mass is 285 g/mol. The molecule has 1 aliphatic heterocycles. The quantitative estimate of drug-likeness (QED) is 0.719. The minimum absolute atomic E-state index is 0.125. The first-order valence-electron chi connectivity index (χ1n) is 5.58. The lowest BCUT2D eigenvalue weighted by molar-refractivity contribution is -0.158. The molecule has 0 aromatic carbocycles. The Bertz CT molecular complexity index is 497. The van der Waals surface area contributed by atoms with Gasteiger partial charge in [0.1, 0.15) is 10.8 Å². The van der Waals surface area contributed by atoms with Crippen molar-refractivity contribution >= 4 is 23.5 Å². The summed E-state index contributed by atoms with van der Waals surface area (Å²) in [6, 6.07) is 0. The Morgan fingerprint density at radius 2 is 2.32 bits per heavy atom. The van der Waals surface area contributed by atoms with Gasteiger partial charge in [-0.3, -0.25) is 9.78 Å². The van der Waals surface area contributed by atoms with Crippen LogP contribution >= 0.6 is 11.6 Å². The molecule has 1 fully saturated rings. The van der Waals surface area contributed by atoms with E-state index in [1.807, 2.05) is 0 Å². The van der Waals surface area contributed by atoms with E-state index in [0.717, 1.165) is 0 Å². The normalized spacial score (nSPS) is 19.1. The number of hydrogen-bond acceptors (Lipinski definition) is 6. The van der Waals surface area contributed by atoms with E-state index in [1.165, 1.54) is 24.4 Å². The maximum Gasteiger partial charge on any atom is 0.336 e. The Kier molecular flexibility index (Phi) is 4.28. The first-order chi connectivity index (χ1) is 9.11. The molecule has 2 heterocycles. The van der Waals surface area contributed by atoms with Crippen LogP contribution in [0.25, 0.3) is 0 Å². The highest BCUT2D eigenvalue weighted by molar-refractivity contribution is 6.29. The van der Waals surface area contributed by atoms with E-state index in [0.29, 0.717) is 6.54 Å². The number of nitrogens with zero attached hydrogens (tertiary/aromatic N) is 3. The topological polar surface area (TPSA) is 81.6 Å². The van der Waals surface area contributed by atoms with E-state index in [1.54, 1.807) is 0 Å². The predicted molar refractivity (Wildman–Crippen MR) is 64.7 cm³/mol. The van der Waals surface area contributed by atoms with E-state index in [-0.39, 0.29) is 29.9 Å². The molecular weight excluding hydrogens is 274 g/mol. The van der Waals surface area contributed by atoms with Crippen LogP contribution in [0.2, 0.25) is 5.15 Å². The van der Waals surface area contributed by atoms with Gasteiger partial charge in [0.2, 0.25) is 0 Å². The minimum Gasteiger partial charge on any atom is -0.467 e. The molecule has 1 aromatic heterocycles. The van der Waals surface area contributed by atoms with Crippen LogP contribution in [0.3, 0.4) is 0 Å². The molecule has 8 heteroatoms. The number of carbonyl (C=O) groups is 2. The SMILES string of the molecule is COC(=O)C1CN(C(=O)c2cncc(Cl)n2)CCO1. The third-order valence-corrected chi connectivity index (χ3v) is 2.82. The van der Waals surface area contributed by atoms with Crippen molar-refractivity contribution in [1.82, 2.24) is 14.9 Å². The zero-order valence-electron chi connectivity index (χ0n) is 10.2. The van der Waals surface area contributed by atoms with Crippen LogP contribution < -0.4 is 0 Å². The Morgan fingerprint density at radius 3 is 3.00 bits per heavy atom. The van der Waals surface area contributed by atoms with Crippen LogP contribution in [0, 0.1) is 0 Å². The third-order valence-electron chi connectivity index (χ3n) is 2.64. The zero-order valence-corrected chi connectivity index (χ0v) is 11.0. The number of halogens is 1. The molecule has 0 radical (unpaired) electrons. The van der Waals surface area contributed by atoms with E-state index in [4.69, 9.17) is 16.3 Å². The molecule has 2 rings (SSSR count). The van der Waals surface area contributed by atoms with Crippen molar-refractivity contribution in [2.45, 2.75) is 6.10 Å². The highest BCUT2D eigenvalue weighted by atomic mass is 35.5. The second kappa shape index (κ2) is 5.94. The summed E-state index contributed by atoms with van der Waals surface area (Å²) in [6.07, 6.45) is 1.90. The Labute approximate surface area is 114 Å². The summed E-state index contributed by atoms with van der Waals surface area (Å²) >= 11 is 5.69. The highest BCUT2D eigenvalue weighted by Crippen LogP contribution is 2.11. The second-order valence-electron chi connectivity index (χ2n) is 3.86. The lowest BCUT2D eigenvalue weighted by atomic mass is 10.2. The van der Waals surface area contributed by atoms with Crippen LogP contribution in [0.4, 0.5) is 0 Å². The van der Waals surface area contributed by atoms with Crippen LogP contribution in [0.15, 0.2) is 12.4 Å². The zero-order chi connectivity index (χ0) is 13.8. The lowest BCUT2D eigenvalue weighted by Crippen LogP contribution is -2.49. The van der Waals surface area contributed by atoms with Gasteiger partial charge in [0.25, 0.3) is 5.91 Å². The van der Waals surface area contributed by atoms with Crippen LogP contribution in [0.1, 0.15) is 10.5 Å². The second-order valence-corrected chi connectivity index (χ2v) is 4.25. The molecule has 1 amide bonds. The molecule has 1 saturated heterocycles. The van der Waals surface area contributed by atoms with Crippen LogP contribution in [-0.2, 0) is 14.3 Å². The molecule has 0 aliphatic carbocycles. The molecule has 0 N–H and O–H groups in total. The molecule has 0 bridgehead atoms. The number of hydrogen-bond donors (Lipinski definition) is 0. The Hall–Kier alpha value is -1.73. The predicted octanol–water partition coefficient (Wildman–Crippen LogP) is 0.144. The van der Waals surface area contributed by atoms with Gasteiger partial charge in [0, 0.05) is 6.54 Å². The highest BCUT2D eigenvalue weighted by Gasteiger charge is 2.30. The molecule has 1 atom stereocenters. The maximum absolute atomic E-state index is 12.2. The Morgan fingerprint density at radius 1 is 1.53 bits per heavy atom. The van der Waals surface area contributed by atoms with Crippen molar-refractivity contribution in [3.8, 4) is 0 Å². The molecule has 1 aliphatic rings. The number of methoxy groups -OCH3 is 1. The van der Waals surface area contributed by atoms with E-state index in [2.05, 4.69) is 14.7 Å². The minimum atomic E-state index is -0.769. The molecule has 0 spiro atoms. The Balaban J connectivity index is 2.09. The summed E-state index contributed by atoms with van der Waals surface area (Å²) in [5.74, 6) is -0.845. The van der Waals surface area contributed by atoms with Gasteiger partial charge in [-0.25, -0.2) is 9.78 Å². The van der Waals surface area contributed by atoms with Crippen molar-refractivity contribution in [3.05, 3.63) is 23.2 Å². The van der Waals surface area contributed by atoms with Gasteiger partial charge < -0.3 is 14.4 Å². The number of carbonyl (C=O) groups excluding carboxylic acids is 2. The van der Waals surface area contributed by atoms with Crippen molar-refractivity contribution in [2.24, 2.45) is 0 Å². The van der Waals surface area contributed by atoms with Gasteiger partial charge in [0.15, 0.2) is 6.10 Å². The standard InChI is InChI=1S/C11H12ClN3O4/c1-18-11(17)8-6-15(2-3-19-8)10(16)7-4-13-5-9(12)14-7/h4-5,8H,2-3,6H2,1H3. The van der Waals surface area contributed by atoms with Crippen molar-refractivity contribution in [1.29, 1.82) is 0 Å². The van der Waals surface area contributed by atoms with Gasteiger partial charge in [-0.05, 0) is 0 Å². The summed E-state index contributed by atoms with van der Waals surface area (Å²) in [7, 11) is 1.27. The maximum atomic E-state index is 12.2. The lowest BCUT2D eigenvalue weighted by Gasteiger charge is -2.31. The first kappa shape index (κ1) is 13.7. The molecule has 1 aromatic rings. The fourth-order valence-electron chi connectivity index (χ4n) is 1.72. The van der Waals surface area contributed by atoms with Gasteiger partial charge in [-0.15, -0.1) is 0 Å². The largest absolute Gasteiger partial charge is 0.467 e. The van der Waals surface area contributed by atoms with Crippen molar-refractivity contribution in [2.75, 3.05) is 26.8 Å². The fraction of sp³-hybridized carbons (Fsp3) is 0.455. The van der Waals surface area contributed by atoms with Gasteiger partial charge in [0.05, 0.1) is 32.7 Å². The van der Waals surface area contributed by atoms with E-state index < -0.39 is 12.1 Å². The van der Waals surface area contributed by atoms with Gasteiger partial charge in [-0.1, -0.05) is 11.6 Å². The summed E-state index contributed by atoms with van der Waals surface area (Å²) in [5.41, 5.74) is 0.137. The number of ether oxygens (including phenoxy) is 2. The summed E-state index contributed by atoms with van der Waals surface area (Å²) < 4.78 is 9.83. The third kappa shape index (κ3) is 3.18. The first-order valence-corrected chi connectivity index (χ1v) is 5.96. The van der Waals surface area contributed by atoms with Crippen molar-refractivity contribution < 1.29 is 19.1 Å². The number of aromatic nitrogens is 2. The van der Waals surface area contributed by atoms with E-state index >= 15 is 0 Å². The van der Waals surface area contributed by atoms with Crippen LogP contribution in [0.5, 0.6) is 0 Å². The fourth-order valence-corrected chi connectivity index (χ4v) is 1.86. The van der Waals surface area contributed by atoms with Gasteiger partial charge >= 0.3 is 5.97 Å². The van der Waals surface area contributed by atoms with Gasteiger partial charge in [-0.2, -0.15) is 0 Å². The molecule has 7 nitrogen and oxygen atoms in total. The average Bonchev–Trinajstić information content (AvgIpc) is 2.45. The number of esters is 1. The van der Waals surface area contributed by atoms with Crippen molar-refractivity contribution in [3.63, 3.8) is 0 Å². The van der Waals surface area contributed by atoms with Crippen LogP contribution in [-0.4, -0.2) is 59.7 Å². The summed E-state index contributed by atoms with van der Waals surface area (Å²) in [5, 5.41) is 0.142. The smallest absolute Gasteiger partial charge is 0.336 e.